The summed E-state index contributed by atoms with van der Waals surface area (Å²) in [4.78, 5) is 15.4. The van der Waals surface area contributed by atoms with Crippen LogP contribution in [0.4, 0.5) is 0 Å². The van der Waals surface area contributed by atoms with Crippen LogP contribution >= 0.6 is 21.9 Å². The number of hydrogen-bond acceptors (Lipinski definition) is 4. The highest BCUT2D eigenvalue weighted by Crippen LogP contribution is 2.71. The van der Waals surface area contributed by atoms with Gasteiger partial charge in [0.15, 0.2) is 0 Å². The molecule has 2 atom stereocenters. The van der Waals surface area contributed by atoms with Gasteiger partial charge in [0.25, 0.3) is 10.1 Å². The molecule has 0 saturated heterocycles. The number of ketones is 1. The molecule has 3 aromatic rings. The molecule has 2 aliphatic rings. The lowest BCUT2D eigenvalue weighted by atomic mass is 9.70. The third kappa shape index (κ3) is 3.95. The van der Waals surface area contributed by atoms with E-state index in [1.165, 1.54) is 0 Å². The van der Waals surface area contributed by atoms with Crippen LogP contribution in [0.2, 0.25) is 5.02 Å². The van der Waals surface area contributed by atoms with E-state index in [1.54, 1.807) is 12.1 Å². The Morgan fingerprint density at radius 1 is 0.857 bits per heavy atom. The molecule has 0 heterocycles. The van der Waals surface area contributed by atoms with Crippen molar-refractivity contribution in [2.75, 3.05) is 5.75 Å². The van der Waals surface area contributed by atoms with Crippen molar-refractivity contribution in [2.45, 2.75) is 47.8 Å². The number of carbonyl (C=O) groups excluding carboxylic acids is 1. The molecule has 2 bridgehead atoms. The van der Waals surface area contributed by atoms with Gasteiger partial charge in [0.2, 0.25) is 0 Å². The fraction of sp³-hybridized carbons (Fsp3) is 0.321. The lowest BCUT2D eigenvalue weighted by Crippen LogP contribution is -2.42. The van der Waals surface area contributed by atoms with Crippen LogP contribution in [-0.4, -0.2) is 20.0 Å². The van der Waals surface area contributed by atoms with Crippen LogP contribution in [0.1, 0.15) is 33.1 Å². The van der Waals surface area contributed by atoms with E-state index in [0.717, 1.165) is 21.1 Å². The summed E-state index contributed by atoms with van der Waals surface area (Å²) in [5, 5.41) is 0.556. The third-order valence-electron chi connectivity index (χ3n) is 8.06. The van der Waals surface area contributed by atoms with Gasteiger partial charge in [0, 0.05) is 26.1 Å². The Hall–Kier alpha value is -2.12. The maximum Gasteiger partial charge on any atom is 0.278 e. The molecule has 2 fully saturated rings. The molecule has 0 aliphatic heterocycles. The van der Waals surface area contributed by atoms with Crippen molar-refractivity contribution < 1.29 is 16.8 Å². The third-order valence-corrected chi connectivity index (χ3v) is 13.6. The van der Waals surface area contributed by atoms with Crippen molar-refractivity contribution in [3.63, 3.8) is 0 Å². The molecule has 2 aliphatic carbocycles. The van der Waals surface area contributed by atoms with E-state index in [9.17, 15) is 13.2 Å². The van der Waals surface area contributed by atoms with Crippen molar-refractivity contribution >= 4 is 37.8 Å². The number of fused-ring (bicyclic) bond motifs is 2. The first kappa shape index (κ1) is 24.6. The number of Topliss-reactive ketones (excluding diaryl/α,β-unsaturated/α-hetero) is 1. The first-order chi connectivity index (χ1) is 16.6. The van der Waals surface area contributed by atoms with Crippen LogP contribution in [0.15, 0.2) is 99.6 Å². The minimum atomic E-state index is -4.14. The van der Waals surface area contributed by atoms with Crippen molar-refractivity contribution in [1.29, 1.82) is 0 Å². The Morgan fingerprint density at radius 3 is 1.83 bits per heavy atom. The Bertz CT molecular complexity index is 1300. The monoisotopic (exact) mass is 528 g/mol. The van der Waals surface area contributed by atoms with Crippen molar-refractivity contribution in [3.05, 3.63) is 90.0 Å². The molecule has 0 aromatic heterocycles. The zero-order valence-electron chi connectivity index (χ0n) is 19.8. The van der Waals surface area contributed by atoms with Gasteiger partial charge in [0.1, 0.15) is 5.78 Å². The smallest absolute Gasteiger partial charge is 0.278 e. The maximum absolute atomic E-state index is 14.0. The molecule has 0 amide bonds. The van der Waals surface area contributed by atoms with Gasteiger partial charge in [-0.2, -0.15) is 8.42 Å². The average molecular weight is 529 g/mol. The second-order valence-electron chi connectivity index (χ2n) is 10.1. The van der Waals surface area contributed by atoms with Crippen LogP contribution in [0.3, 0.4) is 0 Å². The standard InChI is InChI=1S/C28H29ClO4S2/c1-27(2)21-17-18-28(27,26(30)19-21)20-34(31,32)33-35(23-9-5-3-6-10-23,24-11-7-4-8-12-24)25-15-13-22(29)14-16-25/h3-16,21H,17-20H2,1-2H3. The zero-order chi connectivity index (χ0) is 24.9. The minimum Gasteiger partial charge on any atom is -0.299 e. The van der Waals surface area contributed by atoms with E-state index >= 15 is 0 Å². The molecule has 2 unspecified atom stereocenters. The normalized spacial score (nSPS) is 24.0. The van der Waals surface area contributed by atoms with Crippen LogP contribution < -0.4 is 0 Å². The molecule has 0 radical (unpaired) electrons. The molecule has 5 rings (SSSR count). The van der Waals surface area contributed by atoms with Crippen molar-refractivity contribution in [1.82, 2.24) is 0 Å². The maximum atomic E-state index is 14.0. The first-order valence-electron chi connectivity index (χ1n) is 11.8. The largest absolute Gasteiger partial charge is 0.299 e. The number of benzene rings is 3. The average Bonchev–Trinajstić information content (AvgIpc) is 3.18. The van der Waals surface area contributed by atoms with Gasteiger partial charge < -0.3 is 0 Å². The van der Waals surface area contributed by atoms with Gasteiger partial charge in [-0.3, -0.25) is 4.79 Å². The van der Waals surface area contributed by atoms with E-state index in [1.807, 2.05) is 86.6 Å². The molecular formula is C28H29ClO4S2. The first-order valence-corrected chi connectivity index (χ1v) is 15.3. The molecule has 7 heteroatoms. The van der Waals surface area contributed by atoms with E-state index in [2.05, 4.69) is 0 Å². The molecule has 0 spiro atoms. The van der Waals surface area contributed by atoms with E-state index in [0.29, 0.717) is 17.9 Å². The lowest BCUT2D eigenvalue weighted by Gasteiger charge is -2.41. The van der Waals surface area contributed by atoms with Gasteiger partial charge in [-0.15, -0.1) is 0 Å². The Balaban J connectivity index is 1.68. The predicted octanol–water partition coefficient (Wildman–Crippen LogP) is 7.28. The molecule has 2 saturated carbocycles. The zero-order valence-corrected chi connectivity index (χ0v) is 22.2. The summed E-state index contributed by atoms with van der Waals surface area (Å²) in [7, 11) is -6.82. The van der Waals surface area contributed by atoms with Crippen molar-refractivity contribution in [2.24, 2.45) is 16.7 Å². The van der Waals surface area contributed by atoms with Gasteiger partial charge in [-0.1, -0.05) is 61.8 Å². The van der Waals surface area contributed by atoms with Crippen LogP contribution in [0, 0.1) is 16.7 Å². The highest BCUT2D eigenvalue weighted by atomic mass is 35.5. The number of rotatable bonds is 7. The van der Waals surface area contributed by atoms with E-state index in [4.69, 9.17) is 15.2 Å². The Morgan fingerprint density at radius 2 is 1.37 bits per heavy atom. The summed E-state index contributed by atoms with van der Waals surface area (Å²) >= 11 is 6.20. The van der Waals surface area contributed by atoms with E-state index in [-0.39, 0.29) is 22.9 Å². The van der Waals surface area contributed by atoms with Crippen molar-refractivity contribution in [3.8, 4) is 0 Å². The predicted molar refractivity (Wildman–Crippen MR) is 140 cm³/mol. The number of carbonyl (C=O) groups is 1. The molecule has 3 aromatic carbocycles. The number of hydrogen-bond donors (Lipinski definition) is 0. The molecular weight excluding hydrogens is 500 g/mol. The lowest BCUT2D eigenvalue weighted by molar-refractivity contribution is -0.128. The highest BCUT2D eigenvalue weighted by molar-refractivity contribution is 8.33. The molecule has 4 nitrogen and oxygen atoms in total. The van der Waals surface area contributed by atoms with Crippen LogP contribution in [0.5, 0.6) is 0 Å². The second-order valence-corrected chi connectivity index (χ2v) is 15.0. The Labute approximate surface area is 214 Å². The van der Waals surface area contributed by atoms with Gasteiger partial charge in [0.05, 0.1) is 11.2 Å². The molecule has 0 N–H and O–H groups in total. The summed E-state index contributed by atoms with van der Waals surface area (Å²) in [6, 6.07) is 26.1. The van der Waals surface area contributed by atoms with Crippen LogP contribution in [-0.2, 0) is 18.5 Å². The number of halogens is 1. The minimum absolute atomic E-state index is 0.0532. The second kappa shape index (κ2) is 8.77. The van der Waals surface area contributed by atoms with Crippen LogP contribution in [0.25, 0.3) is 0 Å². The molecule has 184 valence electrons. The fourth-order valence-electron chi connectivity index (χ4n) is 5.97. The summed E-state index contributed by atoms with van der Waals surface area (Å²) in [6.07, 6.45) is 1.92. The van der Waals surface area contributed by atoms with Gasteiger partial charge >= 0.3 is 0 Å². The summed E-state index contributed by atoms with van der Waals surface area (Å²) in [6.45, 7) is 4.08. The highest BCUT2D eigenvalue weighted by Gasteiger charge is 2.65. The fourth-order valence-corrected chi connectivity index (χ4v) is 12.2. The van der Waals surface area contributed by atoms with Gasteiger partial charge in [-0.05, 0) is 83.0 Å². The topological polar surface area (TPSA) is 60.4 Å². The SMILES string of the molecule is CC1(C)C2CCC1(CS(=O)(=O)OS(c1ccccc1)(c1ccccc1)c1ccc(Cl)cc1)C(=O)C2. The summed E-state index contributed by atoms with van der Waals surface area (Å²) in [5.74, 6) is -0.0242. The van der Waals surface area contributed by atoms with Gasteiger partial charge in [-0.25, -0.2) is 3.63 Å². The Kier molecular flexibility index (Phi) is 6.16. The molecule has 35 heavy (non-hydrogen) atoms. The quantitative estimate of drug-likeness (QED) is 0.323. The summed E-state index contributed by atoms with van der Waals surface area (Å²) in [5.41, 5.74) is -1.28. The van der Waals surface area contributed by atoms with E-state index < -0.39 is 25.8 Å². The summed E-state index contributed by atoms with van der Waals surface area (Å²) < 4.78 is 34.5.